The Kier molecular flexibility index (Phi) is 3.56. The Balaban J connectivity index is 2.26. The first-order valence-corrected chi connectivity index (χ1v) is 6.04. The normalized spacial score (nSPS) is 24.1. The lowest BCUT2D eigenvalue weighted by atomic mass is 9.95. The molecule has 1 fully saturated rings. The van der Waals surface area contributed by atoms with E-state index in [1.807, 2.05) is 0 Å². The second-order valence-electron chi connectivity index (χ2n) is 4.80. The maximum absolute atomic E-state index is 6.02. The molecule has 0 amide bonds. The lowest BCUT2D eigenvalue weighted by molar-refractivity contribution is -0.00479. The van der Waals surface area contributed by atoms with E-state index >= 15 is 0 Å². The van der Waals surface area contributed by atoms with Gasteiger partial charge in [-0.05, 0) is 19.8 Å². The third-order valence-electron chi connectivity index (χ3n) is 3.47. The molecule has 1 aromatic heterocycles. The topological polar surface area (TPSA) is 73.5 Å². The molecule has 1 unspecified atom stereocenters. The van der Waals surface area contributed by atoms with Crippen LogP contribution in [0.5, 0.6) is 5.88 Å². The zero-order valence-corrected chi connectivity index (χ0v) is 11.1. The summed E-state index contributed by atoms with van der Waals surface area (Å²) in [6.45, 7) is 3.80. The largest absolute Gasteiger partial charge is 0.479 e. The molecule has 1 aromatic rings. The highest BCUT2D eigenvalue weighted by Crippen LogP contribution is 2.32. The summed E-state index contributed by atoms with van der Waals surface area (Å²) in [6, 6.07) is 0. The van der Waals surface area contributed by atoms with Crippen molar-refractivity contribution in [3.63, 3.8) is 0 Å². The molecule has 6 heteroatoms. The molecule has 0 bridgehead atoms. The number of ether oxygens (including phenoxy) is 2. The number of rotatable bonds is 3. The fourth-order valence-corrected chi connectivity index (χ4v) is 2.34. The molecule has 0 radical (unpaired) electrons. The minimum absolute atomic E-state index is 0.150. The van der Waals surface area contributed by atoms with Gasteiger partial charge in [0.1, 0.15) is 12.0 Å². The van der Waals surface area contributed by atoms with Gasteiger partial charge in [0.15, 0.2) is 5.82 Å². The number of hydrogen-bond acceptors (Lipinski definition) is 6. The molecule has 100 valence electrons. The molecule has 1 aliphatic heterocycles. The monoisotopic (exact) mass is 252 g/mol. The van der Waals surface area contributed by atoms with Crippen LogP contribution in [-0.4, -0.2) is 42.9 Å². The number of piperidine rings is 1. The van der Waals surface area contributed by atoms with Gasteiger partial charge in [-0.3, -0.25) is 0 Å². The van der Waals surface area contributed by atoms with E-state index in [1.54, 1.807) is 14.2 Å². The van der Waals surface area contributed by atoms with E-state index in [0.29, 0.717) is 11.6 Å². The van der Waals surface area contributed by atoms with E-state index in [-0.39, 0.29) is 5.60 Å². The first-order chi connectivity index (χ1) is 8.59. The van der Waals surface area contributed by atoms with Crippen molar-refractivity contribution in [1.29, 1.82) is 0 Å². The maximum atomic E-state index is 6.02. The van der Waals surface area contributed by atoms with Crippen molar-refractivity contribution in [3.8, 4) is 5.88 Å². The Bertz CT molecular complexity index is 427. The molecule has 2 heterocycles. The van der Waals surface area contributed by atoms with Crippen LogP contribution >= 0.6 is 0 Å². The van der Waals surface area contributed by atoms with Crippen LogP contribution in [0.15, 0.2) is 6.33 Å². The van der Waals surface area contributed by atoms with Gasteiger partial charge < -0.3 is 20.1 Å². The molecule has 0 spiro atoms. The average Bonchev–Trinajstić information content (AvgIpc) is 2.39. The molecule has 2 N–H and O–H groups in total. The SMILES string of the molecule is COc1ncnc(N2CCCC(C)(OC)C2)c1N. The highest BCUT2D eigenvalue weighted by Gasteiger charge is 2.32. The first-order valence-electron chi connectivity index (χ1n) is 6.04. The Morgan fingerprint density at radius 2 is 2.17 bits per heavy atom. The standard InChI is InChI=1S/C12H20N4O2/c1-12(18-3)5-4-6-16(7-12)10-9(13)11(17-2)15-8-14-10/h8H,4-7,13H2,1-3H3. The number of hydrogen-bond donors (Lipinski definition) is 1. The molecule has 0 aliphatic carbocycles. The summed E-state index contributed by atoms with van der Waals surface area (Å²) < 4.78 is 10.7. The summed E-state index contributed by atoms with van der Waals surface area (Å²) in [4.78, 5) is 10.4. The van der Waals surface area contributed by atoms with Gasteiger partial charge in [-0.15, -0.1) is 0 Å². The lowest BCUT2D eigenvalue weighted by Gasteiger charge is -2.40. The van der Waals surface area contributed by atoms with Gasteiger partial charge in [0, 0.05) is 20.2 Å². The molecule has 0 saturated carbocycles. The molecule has 0 aromatic carbocycles. The van der Waals surface area contributed by atoms with Gasteiger partial charge in [0.05, 0.1) is 12.7 Å². The van der Waals surface area contributed by atoms with Crippen molar-refractivity contribution < 1.29 is 9.47 Å². The minimum Gasteiger partial charge on any atom is -0.479 e. The van der Waals surface area contributed by atoms with Crippen LogP contribution in [0.1, 0.15) is 19.8 Å². The smallest absolute Gasteiger partial charge is 0.242 e. The Hall–Kier alpha value is -1.56. The van der Waals surface area contributed by atoms with Crippen LogP contribution < -0.4 is 15.4 Å². The summed E-state index contributed by atoms with van der Waals surface area (Å²) in [5, 5.41) is 0. The van der Waals surface area contributed by atoms with Crippen LogP contribution in [0.25, 0.3) is 0 Å². The summed E-state index contributed by atoms with van der Waals surface area (Å²) in [5.74, 6) is 1.15. The number of anilines is 2. The Morgan fingerprint density at radius 1 is 1.39 bits per heavy atom. The summed E-state index contributed by atoms with van der Waals surface area (Å²) in [6.07, 6.45) is 3.57. The van der Waals surface area contributed by atoms with Crippen molar-refractivity contribution in [3.05, 3.63) is 6.33 Å². The van der Waals surface area contributed by atoms with E-state index < -0.39 is 0 Å². The van der Waals surface area contributed by atoms with Crippen molar-refractivity contribution in [2.24, 2.45) is 0 Å². The highest BCUT2D eigenvalue weighted by atomic mass is 16.5. The first kappa shape index (κ1) is 12.9. The van der Waals surface area contributed by atoms with Gasteiger partial charge in [-0.1, -0.05) is 0 Å². The quantitative estimate of drug-likeness (QED) is 0.867. The maximum Gasteiger partial charge on any atom is 0.242 e. The van der Waals surface area contributed by atoms with E-state index in [1.165, 1.54) is 6.33 Å². The zero-order chi connectivity index (χ0) is 13.2. The van der Waals surface area contributed by atoms with Gasteiger partial charge >= 0.3 is 0 Å². The summed E-state index contributed by atoms with van der Waals surface area (Å²) in [7, 11) is 3.30. The second kappa shape index (κ2) is 4.97. The molecular weight excluding hydrogens is 232 g/mol. The molecule has 1 saturated heterocycles. The van der Waals surface area contributed by atoms with E-state index in [0.717, 1.165) is 31.7 Å². The van der Waals surface area contributed by atoms with Crippen molar-refractivity contribution in [2.45, 2.75) is 25.4 Å². The van der Waals surface area contributed by atoms with E-state index in [2.05, 4.69) is 21.8 Å². The number of nitrogen functional groups attached to an aromatic ring is 1. The van der Waals surface area contributed by atoms with Crippen LogP contribution in [0, 0.1) is 0 Å². The third-order valence-corrected chi connectivity index (χ3v) is 3.47. The Morgan fingerprint density at radius 3 is 2.83 bits per heavy atom. The molecule has 1 aliphatic rings. The summed E-state index contributed by atoms with van der Waals surface area (Å²) >= 11 is 0. The van der Waals surface area contributed by atoms with Crippen molar-refractivity contribution in [1.82, 2.24) is 9.97 Å². The molecular formula is C12H20N4O2. The second-order valence-corrected chi connectivity index (χ2v) is 4.80. The van der Waals surface area contributed by atoms with Crippen molar-refractivity contribution >= 4 is 11.5 Å². The highest BCUT2D eigenvalue weighted by molar-refractivity contribution is 5.68. The fraction of sp³-hybridized carbons (Fsp3) is 0.667. The number of nitrogens with zero attached hydrogens (tertiary/aromatic N) is 3. The van der Waals surface area contributed by atoms with Crippen LogP contribution in [0.2, 0.25) is 0 Å². The molecule has 1 atom stereocenters. The molecule has 18 heavy (non-hydrogen) atoms. The van der Waals surface area contributed by atoms with Gasteiger partial charge in [0.25, 0.3) is 0 Å². The zero-order valence-electron chi connectivity index (χ0n) is 11.1. The number of aromatic nitrogens is 2. The lowest BCUT2D eigenvalue weighted by Crippen LogP contribution is -2.48. The predicted molar refractivity (Wildman–Crippen MR) is 69.9 cm³/mol. The molecule has 2 rings (SSSR count). The number of nitrogens with two attached hydrogens (primary N) is 1. The van der Waals surface area contributed by atoms with Crippen LogP contribution in [0.4, 0.5) is 11.5 Å². The Labute approximate surface area is 107 Å². The van der Waals surface area contributed by atoms with Crippen molar-refractivity contribution in [2.75, 3.05) is 37.9 Å². The third kappa shape index (κ3) is 2.33. The van der Waals surface area contributed by atoms with Gasteiger partial charge in [-0.2, -0.15) is 4.98 Å². The van der Waals surface area contributed by atoms with E-state index in [9.17, 15) is 0 Å². The molecule has 6 nitrogen and oxygen atoms in total. The predicted octanol–water partition coefficient (Wildman–Crippen LogP) is 1.07. The fourth-order valence-electron chi connectivity index (χ4n) is 2.34. The van der Waals surface area contributed by atoms with Gasteiger partial charge in [-0.25, -0.2) is 4.98 Å². The van der Waals surface area contributed by atoms with Crippen LogP contribution in [-0.2, 0) is 4.74 Å². The summed E-state index contributed by atoms with van der Waals surface area (Å²) in [5.41, 5.74) is 6.36. The van der Waals surface area contributed by atoms with Crippen LogP contribution in [0.3, 0.4) is 0 Å². The minimum atomic E-state index is -0.150. The average molecular weight is 252 g/mol. The number of methoxy groups -OCH3 is 2. The van der Waals surface area contributed by atoms with Gasteiger partial charge in [0.2, 0.25) is 5.88 Å². The van der Waals surface area contributed by atoms with E-state index in [4.69, 9.17) is 15.2 Å².